The third kappa shape index (κ3) is 3.15. The summed E-state index contributed by atoms with van der Waals surface area (Å²) in [5.41, 5.74) is 0. The van der Waals surface area contributed by atoms with Crippen LogP contribution in [0.25, 0.3) is 0 Å². The van der Waals surface area contributed by atoms with E-state index in [9.17, 15) is 9.59 Å². The molecule has 0 spiro atoms. The Hall–Kier alpha value is -1.30. The van der Waals surface area contributed by atoms with Gasteiger partial charge in [-0.15, -0.1) is 0 Å². The number of nitrogens with zero attached hydrogens (tertiary/aromatic N) is 2. The summed E-state index contributed by atoms with van der Waals surface area (Å²) in [6.45, 7) is 6.28. The summed E-state index contributed by atoms with van der Waals surface area (Å²) < 4.78 is 0. The molecule has 0 aliphatic carbocycles. The molecule has 0 saturated carbocycles. The van der Waals surface area contributed by atoms with Crippen molar-refractivity contribution in [1.29, 1.82) is 0 Å². The van der Waals surface area contributed by atoms with Gasteiger partial charge in [0, 0.05) is 32.2 Å². The van der Waals surface area contributed by atoms with E-state index in [0.717, 1.165) is 58.4 Å². The minimum atomic E-state index is 0.000357. The number of hydrogen-bond donors (Lipinski definition) is 2. The Kier molecular flexibility index (Phi) is 4.33. The molecular weight excluding hydrogens is 268 g/mol. The van der Waals surface area contributed by atoms with Gasteiger partial charge in [-0.1, -0.05) is 6.92 Å². The van der Waals surface area contributed by atoms with Crippen LogP contribution in [0.1, 0.15) is 32.6 Å². The number of nitrogens with one attached hydrogen (secondary N) is 2. The summed E-state index contributed by atoms with van der Waals surface area (Å²) >= 11 is 0. The van der Waals surface area contributed by atoms with Gasteiger partial charge in [-0.25, -0.2) is 4.79 Å². The molecule has 3 amide bonds. The van der Waals surface area contributed by atoms with Crippen molar-refractivity contribution in [2.24, 2.45) is 5.92 Å². The molecule has 2 atom stereocenters. The molecule has 6 nitrogen and oxygen atoms in total. The van der Waals surface area contributed by atoms with Crippen LogP contribution in [-0.4, -0.2) is 66.5 Å². The van der Waals surface area contributed by atoms with Gasteiger partial charge < -0.3 is 20.4 Å². The van der Waals surface area contributed by atoms with Crippen molar-refractivity contribution in [3.05, 3.63) is 0 Å². The van der Waals surface area contributed by atoms with Gasteiger partial charge in [0.1, 0.15) is 0 Å². The molecule has 6 heteroatoms. The van der Waals surface area contributed by atoms with Crippen LogP contribution in [0.4, 0.5) is 4.79 Å². The maximum Gasteiger partial charge on any atom is 0.317 e. The Morgan fingerprint density at radius 2 is 1.90 bits per heavy atom. The average molecular weight is 294 g/mol. The van der Waals surface area contributed by atoms with E-state index in [1.165, 1.54) is 0 Å². The average Bonchev–Trinajstić information content (AvgIpc) is 2.93. The second-order valence-corrected chi connectivity index (χ2v) is 6.62. The van der Waals surface area contributed by atoms with Crippen LogP contribution < -0.4 is 10.6 Å². The first-order chi connectivity index (χ1) is 10.1. The van der Waals surface area contributed by atoms with Crippen LogP contribution in [0.5, 0.6) is 0 Å². The highest BCUT2D eigenvalue weighted by molar-refractivity contribution is 5.82. The Balaban J connectivity index is 1.51. The summed E-state index contributed by atoms with van der Waals surface area (Å²) in [5, 5.41) is 6.21. The fraction of sp³-hybridized carbons (Fsp3) is 0.867. The van der Waals surface area contributed by atoms with E-state index in [2.05, 4.69) is 17.6 Å². The number of hydrogen-bond acceptors (Lipinski definition) is 3. The van der Waals surface area contributed by atoms with Crippen molar-refractivity contribution in [1.82, 2.24) is 20.4 Å². The fourth-order valence-corrected chi connectivity index (χ4v) is 3.75. The molecule has 118 valence electrons. The van der Waals surface area contributed by atoms with Gasteiger partial charge in [-0.3, -0.25) is 4.79 Å². The van der Waals surface area contributed by atoms with Crippen molar-refractivity contribution in [2.75, 3.05) is 32.7 Å². The Morgan fingerprint density at radius 1 is 1.14 bits per heavy atom. The van der Waals surface area contributed by atoms with Gasteiger partial charge in [0.2, 0.25) is 5.91 Å². The van der Waals surface area contributed by atoms with Gasteiger partial charge in [0.15, 0.2) is 0 Å². The van der Waals surface area contributed by atoms with Gasteiger partial charge >= 0.3 is 6.03 Å². The molecular formula is C15H26N4O2. The Bertz CT molecular complexity index is 406. The predicted octanol–water partition coefficient (Wildman–Crippen LogP) is 0.391. The topological polar surface area (TPSA) is 64.7 Å². The zero-order valence-electron chi connectivity index (χ0n) is 12.8. The molecule has 0 bridgehead atoms. The molecule has 0 aromatic carbocycles. The highest BCUT2D eigenvalue weighted by Crippen LogP contribution is 2.21. The molecule has 3 aliphatic heterocycles. The number of rotatable bonds is 2. The SMILES string of the molecule is CC1CCNC(C(=O)N2CCC(N3CCNC3=O)CC2)C1. The quantitative estimate of drug-likeness (QED) is 0.774. The van der Waals surface area contributed by atoms with Gasteiger partial charge in [0.05, 0.1) is 6.04 Å². The van der Waals surface area contributed by atoms with E-state index < -0.39 is 0 Å². The molecule has 3 heterocycles. The van der Waals surface area contributed by atoms with E-state index in [0.29, 0.717) is 12.0 Å². The van der Waals surface area contributed by atoms with Crippen molar-refractivity contribution < 1.29 is 9.59 Å². The van der Waals surface area contributed by atoms with Gasteiger partial charge in [-0.2, -0.15) is 0 Å². The van der Waals surface area contributed by atoms with Crippen LogP contribution in [0.2, 0.25) is 0 Å². The first kappa shape index (κ1) is 14.6. The van der Waals surface area contributed by atoms with E-state index in [4.69, 9.17) is 0 Å². The Morgan fingerprint density at radius 3 is 2.52 bits per heavy atom. The van der Waals surface area contributed by atoms with Crippen LogP contribution in [0.3, 0.4) is 0 Å². The molecule has 3 aliphatic rings. The fourth-order valence-electron chi connectivity index (χ4n) is 3.75. The number of urea groups is 1. The maximum atomic E-state index is 12.6. The second-order valence-electron chi connectivity index (χ2n) is 6.62. The van der Waals surface area contributed by atoms with Crippen LogP contribution in [0, 0.1) is 5.92 Å². The molecule has 2 N–H and O–H groups in total. The summed E-state index contributed by atoms with van der Waals surface area (Å²) in [4.78, 5) is 28.2. The third-order valence-corrected chi connectivity index (χ3v) is 5.07. The maximum absolute atomic E-state index is 12.6. The van der Waals surface area contributed by atoms with E-state index >= 15 is 0 Å². The number of amides is 3. The summed E-state index contributed by atoms with van der Waals surface area (Å²) in [7, 11) is 0. The van der Waals surface area contributed by atoms with Crippen LogP contribution in [-0.2, 0) is 4.79 Å². The molecule has 3 saturated heterocycles. The van der Waals surface area contributed by atoms with Crippen molar-refractivity contribution in [3.63, 3.8) is 0 Å². The number of likely N-dealkylation sites (tertiary alicyclic amines) is 1. The Labute approximate surface area is 126 Å². The largest absolute Gasteiger partial charge is 0.341 e. The molecule has 0 aromatic heterocycles. The predicted molar refractivity (Wildman–Crippen MR) is 79.9 cm³/mol. The zero-order chi connectivity index (χ0) is 14.8. The third-order valence-electron chi connectivity index (χ3n) is 5.07. The van der Waals surface area contributed by atoms with Crippen LogP contribution >= 0.6 is 0 Å². The molecule has 0 aromatic rings. The van der Waals surface area contributed by atoms with Gasteiger partial charge in [0.25, 0.3) is 0 Å². The van der Waals surface area contributed by atoms with Crippen molar-refractivity contribution in [2.45, 2.75) is 44.7 Å². The lowest BCUT2D eigenvalue weighted by molar-refractivity contribution is -0.135. The smallest absolute Gasteiger partial charge is 0.317 e. The van der Waals surface area contributed by atoms with Crippen molar-refractivity contribution >= 4 is 11.9 Å². The highest BCUT2D eigenvalue weighted by atomic mass is 16.2. The lowest BCUT2D eigenvalue weighted by atomic mass is 9.93. The summed E-state index contributed by atoms with van der Waals surface area (Å²) in [6, 6.07) is 0.359. The lowest BCUT2D eigenvalue weighted by Gasteiger charge is -2.38. The minimum absolute atomic E-state index is 0.000357. The van der Waals surface area contributed by atoms with E-state index in [1.54, 1.807) is 0 Å². The van der Waals surface area contributed by atoms with E-state index in [-0.39, 0.29) is 18.0 Å². The van der Waals surface area contributed by atoms with Crippen LogP contribution in [0.15, 0.2) is 0 Å². The van der Waals surface area contributed by atoms with Crippen molar-refractivity contribution in [3.8, 4) is 0 Å². The standard InChI is InChI=1S/C15H26N4O2/c1-11-2-5-16-13(10-11)14(20)18-7-3-12(4-8-18)19-9-6-17-15(19)21/h11-13,16H,2-10H2,1H3,(H,17,21). The molecule has 3 fully saturated rings. The summed E-state index contributed by atoms with van der Waals surface area (Å²) in [5.74, 6) is 0.886. The normalized spacial score (nSPS) is 31.4. The first-order valence-corrected chi connectivity index (χ1v) is 8.22. The summed E-state index contributed by atoms with van der Waals surface area (Å²) in [6.07, 6.45) is 3.92. The molecule has 2 unspecified atom stereocenters. The number of carbonyl (C=O) groups is 2. The number of piperidine rings is 2. The molecule has 3 rings (SSSR count). The second kappa shape index (κ2) is 6.22. The number of carbonyl (C=O) groups excluding carboxylic acids is 2. The monoisotopic (exact) mass is 294 g/mol. The van der Waals surface area contributed by atoms with E-state index in [1.807, 2.05) is 9.80 Å². The molecule has 21 heavy (non-hydrogen) atoms. The lowest BCUT2D eigenvalue weighted by Crippen LogP contribution is -2.54. The molecule has 0 radical (unpaired) electrons. The minimum Gasteiger partial charge on any atom is -0.341 e. The first-order valence-electron chi connectivity index (χ1n) is 8.22. The highest BCUT2D eigenvalue weighted by Gasteiger charge is 2.34. The zero-order valence-corrected chi connectivity index (χ0v) is 12.8. The van der Waals surface area contributed by atoms with Gasteiger partial charge in [-0.05, 0) is 38.1 Å².